The van der Waals surface area contributed by atoms with Crippen LogP contribution in [0.5, 0.6) is 11.5 Å². The molecular weight excluding hydrogens is 246 g/mol. The summed E-state index contributed by atoms with van der Waals surface area (Å²) < 4.78 is 5.63. The highest BCUT2D eigenvalue weighted by atomic mass is 16.5. The average Bonchev–Trinajstić information content (AvgIpc) is 2.47. The van der Waals surface area contributed by atoms with Crippen LogP contribution in [-0.2, 0) is 6.61 Å². The number of amidine groups is 1. The first-order chi connectivity index (χ1) is 9.24. The molecule has 0 spiro atoms. The van der Waals surface area contributed by atoms with Crippen molar-refractivity contribution in [3.05, 3.63) is 53.9 Å². The van der Waals surface area contributed by atoms with E-state index in [9.17, 15) is 0 Å². The molecule has 1 aromatic heterocycles. The van der Waals surface area contributed by atoms with E-state index in [2.05, 4.69) is 10.1 Å². The number of pyridine rings is 1. The van der Waals surface area contributed by atoms with Crippen LogP contribution in [0.2, 0.25) is 0 Å². The fraction of sp³-hybridized carbons (Fsp3) is 0.0769. The zero-order chi connectivity index (χ0) is 13.7. The van der Waals surface area contributed by atoms with Crippen LogP contribution in [-0.4, -0.2) is 21.1 Å². The lowest BCUT2D eigenvalue weighted by Gasteiger charge is -2.09. The molecule has 2 aromatic rings. The second-order valence-electron chi connectivity index (χ2n) is 3.74. The molecule has 0 amide bonds. The quantitative estimate of drug-likeness (QED) is 0.334. The summed E-state index contributed by atoms with van der Waals surface area (Å²) in [4.78, 5) is 4.00. The van der Waals surface area contributed by atoms with Gasteiger partial charge in [-0.15, -0.1) is 0 Å². The largest absolute Gasteiger partial charge is 0.455 e. The van der Waals surface area contributed by atoms with Gasteiger partial charge in [0.15, 0.2) is 17.3 Å². The van der Waals surface area contributed by atoms with Gasteiger partial charge < -0.3 is 20.8 Å². The number of nitrogens with zero attached hydrogens (tertiary/aromatic N) is 2. The first kappa shape index (κ1) is 12.8. The molecular formula is C13H13N3O3. The predicted molar refractivity (Wildman–Crippen MR) is 69.2 cm³/mol. The molecule has 0 bridgehead atoms. The maximum atomic E-state index is 9.07. The van der Waals surface area contributed by atoms with Gasteiger partial charge in [0.05, 0.1) is 6.61 Å². The molecule has 19 heavy (non-hydrogen) atoms. The van der Waals surface area contributed by atoms with Crippen molar-refractivity contribution in [3.8, 4) is 11.5 Å². The molecule has 0 aliphatic rings. The Kier molecular flexibility index (Phi) is 3.94. The maximum absolute atomic E-state index is 9.07. The highest BCUT2D eigenvalue weighted by Crippen LogP contribution is 2.24. The molecule has 0 unspecified atom stereocenters. The van der Waals surface area contributed by atoms with Crippen molar-refractivity contribution in [1.82, 2.24) is 4.98 Å². The van der Waals surface area contributed by atoms with E-state index < -0.39 is 0 Å². The van der Waals surface area contributed by atoms with E-state index in [1.807, 2.05) is 0 Å². The number of hydrogen-bond acceptors (Lipinski definition) is 5. The van der Waals surface area contributed by atoms with Crippen LogP contribution >= 0.6 is 0 Å². The third-order valence-corrected chi connectivity index (χ3v) is 2.43. The van der Waals surface area contributed by atoms with E-state index in [-0.39, 0.29) is 18.1 Å². The highest BCUT2D eigenvalue weighted by molar-refractivity contribution is 5.97. The van der Waals surface area contributed by atoms with Crippen molar-refractivity contribution >= 4 is 5.84 Å². The van der Waals surface area contributed by atoms with Crippen LogP contribution in [0.1, 0.15) is 11.3 Å². The highest BCUT2D eigenvalue weighted by Gasteiger charge is 2.10. The second-order valence-corrected chi connectivity index (χ2v) is 3.74. The van der Waals surface area contributed by atoms with Gasteiger partial charge in [0.25, 0.3) is 0 Å². The molecule has 0 aliphatic carbocycles. The number of nitrogens with two attached hydrogens (primary N) is 1. The minimum Gasteiger partial charge on any atom is -0.455 e. The van der Waals surface area contributed by atoms with Gasteiger partial charge in [0, 0.05) is 6.20 Å². The Bertz CT molecular complexity index is 599. The lowest BCUT2D eigenvalue weighted by Crippen LogP contribution is -2.15. The minimum atomic E-state index is -0.131. The Morgan fingerprint density at radius 2 is 2.16 bits per heavy atom. The van der Waals surface area contributed by atoms with E-state index in [1.165, 1.54) is 6.20 Å². The normalized spacial score (nSPS) is 11.3. The van der Waals surface area contributed by atoms with E-state index >= 15 is 0 Å². The summed E-state index contributed by atoms with van der Waals surface area (Å²) in [5.41, 5.74) is 6.50. The van der Waals surface area contributed by atoms with Gasteiger partial charge >= 0.3 is 0 Å². The molecule has 0 saturated heterocycles. The zero-order valence-corrected chi connectivity index (χ0v) is 10.0. The van der Waals surface area contributed by atoms with Crippen LogP contribution < -0.4 is 10.5 Å². The van der Waals surface area contributed by atoms with Crippen LogP contribution in [0.25, 0.3) is 0 Å². The summed E-state index contributed by atoms with van der Waals surface area (Å²) in [5, 5.41) is 20.7. The topological polar surface area (TPSA) is 101 Å². The number of benzene rings is 1. The van der Waals surface area contributed by atoms with E-state index in [0.717, 1.165) is 5.56 Å². The van der Waals surface area contributed by atoms with Gasteiger partial charge in [-0.25, -0.2) is 4.98 Å². The predicted octanol–water partition coefficient (Wildman–Crippen LogP) is 1.46. The molecule has 1 aromatic carbocycles. The Labute approximate surface area is 109 Å². The number of oxime groups is 1. The average molecular weight is 259 g/mol. The summed E-state index contributed by atoms with van der Waals surface area (Å²) in [7, 11) is 0. The van der Waals surface area contributed by atoms with Gasteiger partial charge in [-0.3, -0.25) is 0 Å². The van der Waals surface area contributed by atoms with Crippen molar-refractivity contribution in [2.75, 3.05) is 0 Å². The monoisotopic (exact) mass is 259 g/mol. The fourth-order valence-electron chi connectivity index (χ4n) is 1.55. The molecule has 2 rings (SSSR count). The number of aromatic nitrogens is 1. The molecule has 0 radical (unpaired) electrons. The third kappa shape index (κ3) is 2.99. The molecule has 98 valence electrons. The number of ether oxygens (including phenoxy) is 1. The molecule has 0 saturated carbocycles. The molecule has 0 aliphatic heterocycles. The molecule has 6 nitrogen and oxygen atoms in total. The standard InChI is InChI=1S/C13H13N3O3/c14-13(16-18)12-11(5-2-6-15-12)19-10-4-1-3-9(7-10)8-17/h1-7,17-18H,8H2,(H2,14,16). The summed E-state index contributed by atoms with van der Waals surface area (Å²) in [6.45, 7) is -0.0721. The van der Waals surface area contributed by atoms with Crippen LogP contribution in [0.3, 0.4) is 0 Å². The molecule has 6 heteroatoms. The Morgan fingerprint density at radius 3 is 2.89 bits per heavy atom. The van der Waals surface area contributed by atoms with Crippen molar-refractivity contribution in [3.63, 3.8) is 0 Å². The number of hydrogen-bond donors (Lipinski definition) is 3. The van der Waals surface area contributed by atoms with Crippen LogP contribution in [0, 0.1) is 0 Å². The van der Waals surface area contributed by atoms with Gasteiger partial charge in [0.2, 0.25) is 0 Å². The number of aliphatic hydroxyl groups excluding tert-OH is 1. The Hall–Kier alpha value is -2.60. The van der Waals surface area contributed by atoms with Crippen molar-refractivity contribution < 1.29 is 15.1 Å². The third-order valence-electron chi connectivity index (χ3n) is 2.43. The van der Waals surface area contributed by atoms with E-state index in [1.54, 1.807) is 36.4 Å². The number of rotatable bonds is 4. The molecule has 4 N–H and O–H groups in total. The first-order valence-electron chi connectivity index (χ1n) is 5.55. The van der Waals surface area contributed by atoms with Crippen molar-refractivity contribution in [2.24, 2.45) is 10.9 Å². The van der Waals surface area contributed by atoms with Crippen molar-refractivity contribution in [2.45, 2.75) is 6.61 Å². The number of aliphatic hydroxyl groups is 1. The zero-order valence-electron chi connectivity index (χ0n) is 10.0. The summed E-state index contributed by atoms with van der Waals surface area (Å²) in [6, 6.07) is 10.3. The van der Waals surface area contributed by atoms with Crippen LogP contribution in [0.4, 0.5) is 0 Å². The van der Waals surface area contributed by atoms with E-state index in [4.69, 9.17) is 20.8 Å². The van der Waals surface area contributed by atoms with Crippen LogP contribution in [0.15, 0.2) is 47.8 Å². The molecule has 0 atom stereocenters. The summed E-state index contributed by atoms with van der Waals surface area (Å²) in [6.07, 6.45) is 1.52. The van der Waals surface area contributed by atoms with Gasteiger partial charge in [-0.1, -0.05) is 17.3 Å². The minimum absolute atomic E-state index is 0.0721. The van der Waals surface area contributed by atoms with Gasteiger partial charge in [-0.05, 0) is 29.8 Å². The molecule has 0 fully saturated rings. The fourth-order valence-corrected chi connectivity index (χ4v) is 1.55. The van der Waals surface area contributed by atoms with Gasteiger partial charge in [-0.2, -0.15) is 0 Å². The van der Waals surface area contributed by atoms with E-state index in [0.29, 0.717) is 11.5 Å². The lowest BCUT2D eigenvalue weighted by molar-refractivity contribution is 0.281. The Balaban J connectivity index is 2.33. The molecule has 1 heterocycles. The first-order valence-corrected chi connectivity index (χ1v) is 5.55. The summed E-state index contributed by atoms with van der Waals surface area (Å²) in [5.74, 6) is 0.772. The van der Waals surface area contributed by atoms with Gasteiger partial charge in [0.1, 0.15) is 5.75 Å². The second kappa shape index (κ2) is 5.83. The van der Waals surface area contributed by atoms with Crippen molar-refractivity contribution in [1.29, 1.82) is 0 Å². The lowest BCUT2D eigenvalue weighted by atomic mass is 10.2. The maximum Gasteiger partial charge on any atom is 0.192 e. The Morgan fingerprint density at radius 1 is 1.32 bits per heavy atom. The summed E-state index contributed by atoms with van der Waals surface area (Å²) >= 11 is 0. The smallest absolute Gasteiger partial charge is 0.192 e. The SMILES string of the molecule is N/C(=N/O)c1ncccc1Oc1cccc(CO)c1.